The van der Waals surface area contributed by atoms with Gasteiger partial charge in [0.15, 0.2) is 5.96 Å². The summed E-state index contributed by atoms with van der Waals surface area (Å²) in [6, 6.07) is 8.43. The zero-order valence-electron chi connectivity index (χ0n) is 16.6. The normalized spacial score (nSPS) is 15.9. The van der Waals surface area contributed by atoms with Gasteiger partial charge in [0, 0.05) is 32.2 Å². The molecule has 1 aliphatic carbocycles. The summed E-state index contributed by atoms with van der Waals surface area (Å²) < 4.78 is 40.9. The van der Waals surface area contributed by atoms with E-state index in [4.69, 9.17) is 0 Å². The number of rotatable bonds is 9. The average molecular weight is 514 g/mol. The van der Waals surface area contributed by atoms with E-state index in [0.29, 0.717) is 18.2 Å². The van der Waals surface area contributed by atoms with Crippen LogP contribution in [0.1, 0.15) is 30.9 Å². The van der Waals surface area contributed by atoms with Crippen LogP contribution in [0.25, 0.3) is 0 Å². The lowest BCUT2D eigenvalue weighted by Gasteiger charge is -2.25. The van der Waals surface area contributed by atoms with Crippen LogP contribution < -0.4 is 10.6 Å². The van der Waals surface area contributed by atoms with Gasteiger partial charge in [0.1, 0.15) is 6.61 Å². The molecule has 0 spiro atoms. The molecule has 0 amide bonds. The largest absolute Gasteiger partial charge is 0.411 e. The molecule has 0 aromatic heterocycles. The first-order chi connectivity index (χ1) is 12.8. The van der Waals surface area contributed by atoms with Crippen molar-refractivity contribution in [2.45, 2.75) is 51.2 Å². The molecule has 1 fully saturated rings. The maximum Gasteiger partial charge on any atom is 0.411 e. The summed E-state index contributed by atoms with van der Waals surface area (Å²) in [7, 11) is 3.88. The molecular weight excluding hydrogens is 484 g/mol. The van der Waals surface area contributed by atoms with Crippen molar-refractivity contribution in [3.8, 4) is 0 Å². The third-order valence-corrected chi connectivity index (χ3v) is 4.62. The summed E-state index contributed by atoms with van der Waals surface area (Å²) in [5, 5.41) is 6.57. The molecule has 0 saturated heterocycles. The maximum absolute atomic E-state index is 12.1. The van der Waals surface area contributed by atoms with Crippen LogP contribution >= 0.6 is 24.0 Å². The van der Waals surface area contributed by atoms with Crippen molar-refractivity contribution in [3.05, 3.63) is 35.4 Å². The van der Waals surface area contributed by atoms with Crippen LogP contribution in [-0.2, 0) is 17.9 Å². The molecule has 2 N–H and O–H groups in total. The number of nitrogens with zero attached hydrogens (tertiary/aromatic N) is 2. The van der Waals surface area contributed by atoms with E-state index in [0.717, 1.165) is 24.1 Å². The van der Waals surface area contributed by atoms with Gasteiger partial charge in [-0.3, -0.25) is 9.89 Å². The van der Waals surface area contributed by atoms with E-state index < -0.39 is 12.8 Å². The lowest BCUT2D eigenvalue weighted by molar-refractivity contribution is -0.176. The Morgan fingerprint density at radius 3 is 2.36 bits per heavy atom. The van der Waals surface area contributed by atoms with Crippen molar-refractivity contribution in [1.29, 1.82) is 0 Å². The van der Waals surface area contributed by atoms with E-state index in [1.54, 1.807) is 19.2 Å². The Morgan fingerprint density at radius 1 is 1.21 bits per heavy atom. The highest BCUT2D eigenvalue weighted by atomic mass is 127. The Labute approximate surface area is 182 Å². The van der Waals surface area contributed by atoms with Crippen LogP contribution in [0.2, 0.25) is 0 Å². The lowest BCUT2D eigenvalue weighted by atomic mass is 10.1. The summed E-state index contributed by atoms with van der Waals surface area (Å²) in [4.78, 5) is 6.61. The predicted octanol–water partition coefficient (Wildman–Crippen LogP) is 3.53. The molecule has 28 heavy (non-hydrogen) atoms. The minimum atomic E-state index is -4.29. The molecule has 9 heteroatoms. The summed E-state index contributed by atoms with van der Waals surface area (Å²) in [6.07, 6.45) is -1.73. The second-order valence-electron chi connectivity index (χ2n) is 6.98. The molecule has 2 rings (SSSR count). The summed E-state index contributed by atoms with van der Waals surface area (Å²) >= 11 is 0. The molecule has 0 radical (unpaired) electrons. The molecule has 1 aromatic carbocycles. The van der Waals surface area contributed by atoms with E-state index in [1.807, 2.05) is 12.1 Å². The van der Waals surface area contributed by atoms with Gasteiger partial charge in [-0.2, -0.15) is 13.2 Å². The Morgan fingerprint density at radius 2 is 1.82 bits per heavy atom. The van der Waals surface area contributed by atoms with E-state index in [2.05, 4.69) is 39.2 Å². The van der Waals surface area contributed by atoms with Crippen LogP contribution in [0, 0.1) is 0 Å². The highest BCUT2D eigenvalue weighted by molar-refractivity contribution is 14.0. The topological polar surface area (TPSA) is 48.9 Å². The molecule has 1 aromatic rings. The quantitative estimate of drug-likeness (QED) is 0.301. The first-order valence-corrected chi connectivity index (χ1v) is 9.17. The fraction of sp³-hybridized carbons (Fsp3) is 0.632. The number of alkyl halides is 3. The summed E-state index contributed by atoms with van der Waals surface area (Å²) in [5.74, 6) is 0.726. The van der Waals surface area contributed by atoms with Crippen molar-refractivity contribution in [2.75, 3.05) is 27.2 Å². The highest BCUT2D eigenvalue weighted by Gasteiger charge is 2.29. The molecule has 1 unspecified atom stereocenters. The Kier molecular flexibility index (Phi) is 10.5. The van der Waals surface area contributed by atoms with Gasteiger partial charge in [-0.1, -0.05) is 24.3 Å². The van der Waals surface area contributed by atoms with Crippen LogP contribution in [0.3, 0.4) is 0 Å². The van der Waals surface area contributed by atoms with Crippen molar-refractivity contribution in [2.24, 2.45) is 4.99 Å². The number of benzene rings is 1. The van der Waals surface area contributed by atoms with Gasteiger partial charge < -0.3 is 15.4 Å². The molecule has 1 saturated carbocycles. The van der Waals surface area contributed by atoms with E-state index in [-0.39, 0.29) is 30.6 Å². The number of nitrogens with one attached hydrogen (secondary N) is 2. The van der Waals surface area contributed by atoms with Crippen molar-refractivity contribution in [1.82, 2.24) is 15.5 Å². The Bertz CT molecular complexity index is 606. The van der Waals surface area contributed by atoms with E-state index in [9.17, 15) is 13.2 Å². The van der Waals surface area contributed by atoms with Crippen LogP contribution in [0.15, 0.2) is 29.3 Å². The molecule has 1 aliphatic rings. The second kappa shape index (κ2) is 11.8. The van der Waals surface area contributed by atoms with Crippen LogP contribution in [0.5, 0.6) is 0 Å². The minimum absolute atomic E-state index is 0. The van der Waals surface area contributed by atoms with E-state index in [1.165, 1.54) is 12.8 Å². The first kappa shape index (κ1) is 25.0. The van der Waals surface area contributed by atoms with Crippen molar-refractivity contribution in [3.63, 3.8) is 0 Å². The Balaban J connectivity index is 0.00000392. The summed E-state index contributed by atoms with van der Waals surface area (Å²) in [6.45, 7) is 2.30. The molecule has 0 bridgehead atoms. The number of halogens is 4. The van der Waals surface area contributed by atoms with Gasteiger partial charge in [0.25, 0.3) is 0 Å². The number of guanidine groups is 1. The highest BCUT2D eigenvalue weighted by Crippen LogP contribution is 2.26. The summed E-state index contributed by atoms with van der Waals surface area (Å²) in [5.41, 5.74) is 1.73. The minimum Gasteiger partial charge on any atom is -0.367 e. The predicted molar refractivity (Wildman–Crippen MR) is 116 cm³/mol. The lowest BCUT2D eigenvalue weighted by Crippen LogP contribution is -2.45. The third kappa shape index (κ3) is 9.42. The van der Waals surface area contributed by atoms with E-state index >= 15 is 0 Å². The monoisotopic (exact) mass is 514 g/mol. The first-order valence-electron chi connectivity index (χ1n) is 9.17. The molecule has 0 aliphatic heterocycles. The van der Waals surface area contributed by atoms with Gasteiger partial charge in [0.05, 0.1) is 6.61 Å². The fourth-order valence-corrected chi connectivity index (χ4v) is 2.67. The zero-order valence-corrected chi connectivity index (χ0v) is 18.9. The zero-order chi connectivity index (χ0) is 19.9. The molecule has 0 heterocycles. The molecule has 1 atom stereocenters. The SMILES string of the molecule is CN=C(NCc1ccc(COCC(F)(F)F)cc1)NCC(C)N(C)C1CC1.I. The van der Waals surface area contributed by atoms with Crippen molar-refractivity contribution < 1.29 is 17.9 Å². The van der Waals surface area contributed by atoms with Crippen LogP contribution in [-0.4, -0.2) is 56.4 Å². The number of hydrogen-bond donors (Lipinski definition) is 2. The van der Waals surface area contributed by atoms with Gasteiger partial charge in [-0.25, -0.2) is 0 Å². The standard InChI is InChI=1S/C19H29F3N4O.HI/c1-14(26(3)17-8-9-17)10-24-18(23-2)25-11-15-4-6-16(7-5-15)12-27-13-19(20,21)22;/h4-7,14,17H,8-13H2,1-3H3,(H2,23,24,25);1H. The van der Waals surface area contributed by atoms with Crippen molar-refractivity contribution >= 4 is 29.9 Å². The van der Waals surface area contributed by atoms with Gasteiger partial charge in [0.2, 0.25) is 0 Å². The van der Waals surface area contributed by atoms with Crippen LogP contribution in [0.4, 0.5) is 13.2 Å². The number of ether oxygens (including phenoxy) is 1. The second-order valence-corrected chi connectivity index (χ2v) is 6.98. The molecular formula is C19H30F3IN4O. The molecule has 160 valence electrons. The maximum atomic E-state index is 12.1. The van der Waals surface area contributed by atoms with Gasteiger partial charge >= 0.3 is 6.18 Å². The third-order valence-electron chi connectivity index (χ3n) is 4.62. The number of likely N-dealkylation sites (N-methyl/N-ethyl adjacent to an activating group) is 1. The number of hydrogen-bond acceptors (Lipinski definition) is 3. The van der Waals surface area contributed by atoms with Gasteiger partial charge in [-0.05, 0) is 37.9 Å². The molecule has 5 nitrogen and oxygen atoms in total. The van der Waals surface area contributed by atoms with Gasteiger partial charge in [-0.15, -0.1) is 24.0 Å². The number of aliphatic imine (C=N–C) groups is 1. The smallest absolute Gasteiger partial charge is 0.367 e. The Hall–Kier alpha value is -1.07. The fourth-order valence-electron chi connectivity index (χ4n) is 2.67. The average Bonchev–Trinajstić information content (AvgIpc) is 3.46.